The van der Waals surface area contributed by atoms with Crippen molar-refractivity contribution in [3.05, 3.63) is 52.0 Å². The smallest absolute Gasteiger partial charge is 0.115 e. The van der Waals surface area contributed by atoms with E-state index in [1.54, 1.807) is 11.3 Å². The van der Waals surface area contributed by atoms with Crippen molar-refractivity contribution in [2.75, 3.05) is 13.1 Å². The van der Waals surface area contributed by atoms with E-state index in [0.717, 1.165) is 22.8 Å². The summed E-state index contributed by atoms with van der Waals surface area (Å²) in [7, 11) is 0. The Morgan fingerprint density at radius 1 is 1.33 bits per heavy atom. The molecule has 1 saturated heterocycles. The maximum Gasteiger partial charge on any atom is 0.115 e. The predicted molar refractivity (Wildman–Crippen MR) is 72.5 cm³/mol. The molecule has 0 atom stereocenters. The molecule has 1 aliphatic heterocycles. The lowest BCUT2D eigenvalue weighted by Crippen LogP contribution is -2.58. The molecule has 0 radical (unpaired) electrons. The van der Waals surface area contributed by atoms with Gasteiger partial charge in [-0.1, -0.05) is 30.3 Å². The first-order chi connectivity index (χ1) is 8.66. The lowest BCUT2D eigenvalue weighted by atomic mass is 9.86. The van der Waals surface area contributed by atoms with Gasteiger partial charge in [0, 0.05) is 24.2 Å². The van der Waals surface area contributed by atoms with Gasteiger partial charge in [0.15, 0.2) is 0 Å². The van der Waals surface area contributed by atoms with Crippen molar-refractivity contribution in [2.24, 2.45) is 0 Å². The van der Waals surface area contributed by atoms with Crippen LogP contribution in [0.15, 0.2) is 35.7 Å². The van der Waals surface area contributed by atoms with Crippen LogP contribution in [0, 0.1) is 6.92 Å². The number of hydrogen-bond acceptors (Lipinski definition) is 4. The maximum atomic E-state index is 10.5. The fourth-order valence-corrected chi connectivity index (χ4v) is 3.22. The number of likely N-dealkylation sites (tertiary alicyclic amines) is 1. The number of benzene rings is 1. The minimum Gasteiger partial charge on any atom is -0.382 e. The third kappa shape index (κ3) is 2.19. The molecule has 1 aromatic carbocycles. The molecule has 0 aliphatic carbocycles. The SMILES string of the molecule is Cc1csc(CN2CC(O)(c3ccccc3)C2)n1. The Hall–Kier alpha value is -1.23. The van der Waals surface area contributed by atoms with E-state index in [4.69, 9.17) is 0 Å². The number of aliphatic hydroxyl groups is 1. The van der Waals surface area contributed by atoms with E-state index >= 15 is 0 Å². The summed E-state index contributed by atoms with van der Waals surface area (Å²) in [5, 5.41) is 13.7. The van der Waals surface area contributed by atoms with Gasteiger partial charge < -0.3 is 5.11 Å². The molecule has 4 heteroatoms. The van der Waals surface area contributed by atoms with Gasteiger partial charge in [-0.05, 0) is 12.5 Å². The first-order valence-electron chi connectivity index (χ1n) is 6.07. The molecule has 0 saturated carbocycles. The first-order valence-corrected chi connectivity index (χ1v) is 6.95. The molecule has 1 N–H and O–H groups in total. The number of thiazole rings is 1. The van der Waals surface area contributed by atoms with Crippen molar-refractivity contribution >= 4 is 11.3 Å². The third-order valence-corrected chi connectivity index (χ3v) is 4.26. The minimum absolute atomic E-state index is 0.673. The predicted octanol–water partition coefficient (Wildman–Crippen LogP) is 2.15. The van der Waals surface area contributed by atoms with E-state index in [2.05, 4.69) is 15.3 Å². The van der Waals surface area contributed by atoms with Crippen LogP contribution in [0.3, 0.4) is 0 Å². The summed E-state index contributed by atoms with van der Waals surface area (Å²) < 4.78 is 0. The minimum atomic E-state index is -0.673. The molecule has 1 aliphatic rings. The number of β-amino-alcohol motifs (C(OH)–C–C–N with tert-alkyl or cyclic N) is 1. The van der Waals surface area contributed by atoms with Gasteiger partial charge in [0.05, 0.1) is 6.54 Å². The number of hydrogen-bond donors (Lipinski definition) is 1. The standard InChI is InChI=1S/C14H16N2OS/c1-11-8-18-13(15-11)7-16-9-14(17,10-16)12-5-3-2-4-6-12/h2-6,8,17H,7,9-10H2,1H3. The third-order valence-electron chi connectivity index (χ3n) is 3.31. The second kappa shape index (κ2) is 4.46. The zero-order valence-corrected chi connectivity index (χ0v) is 11.2. The highest BCUT2D eigenvalue weighted by atomic mass is 32.1. The number of nitrogens with zero attached hydrogens (tertiary/aromatic N) is 2. The molecule has 2 heterocycles. The molecule has 3 rings (SSSR count). The summed E-state index contributed by atoms with van der Waals surface area (Å²) >= 11 is 1.69. The van der Waals surface area contributed by atoms with Crippen molar-refractivity contribution in [3.63, 3.8) is 0 Å². The number of rotatable bonds is 3. The van der Waals surface area contributed by atoms with Gasteiger partial charge in [0.25, 0.3) is 0 Å². The Morgan fingerprint density at radius 2 is 2.06 bits per heavy atom. The van der Waals surface area contributed by atoms with Crippen LogP contribution in [-0.4, -0.2) is 28.1 Å². The molecule has 94 valence electrons. The molecule has 2 aromatic rings. The van der Waals surface area contributed by atoms with Gasteiger partial charge in [-0.25, -0.2) is 4.98 Å². The van der Waals surface area contributed by atoms with E-state index in [1.165, 1.54) is 0 Å². The van der Waals surface area contributed by atoms with Crippen LogP contribution in [0.5, 0.6) is 0 Å². The molecule has 18 heavy (non-hydrogen) atoms. The fraction of sp³-hybridized carbons (Fsp3) is 0.357. The molecule has 1 fully saturated rings. The van der Waals surface area contributed by atoms with Crippen molar-refractivity contribution in [1.29, 1.82) is 0 Å². The van der Waals surface area contributed by atoms with Gasteiger partial charge in [-0.15, -0.1) is 11.3 Å². The monoisotopic (exact) mass is 260 g/mol. The Bertz CT molecular complexity index is 532. The summed E-state index contributed by atoms with van der Waals surface area (Å²) in [6, 6.07) is 9.90. The zero-order valence-electron chi connectivity index (χ0n) is 10.3. The van der Waals surface area contributed by atoms with Crippen LogP contribution in [0.1, 0.15) is 16.3 Å². The lowest BCUT2D eigenvalue weighted by Gasteiger charge is -2.46. The van der Waals surface area contributed by atoms with Crippen LogP contribution in [0.25, 0.3) is 0 Å². The second-order valence-electron chi connectivity index (χ2n) is 4.93. The van der Waals surface area contributed by atoms with Crippen LogP contribution in [0.2, 0.25) is 0 Å². The Kier molecular flexibility index (Phi) is 2.93. The highest BCUT2D eigenvalue weighted by molar-refractivity contribution is 7.09. The summed E-state index contributed by atoms with van der Waals surface area (Å²) in [6.07, 6.45) is 0. The first kappa shape index (κ1) is 11.8. The zero-order chi connectivity index (χ0) is 12.6. The average molecular weight is 260 g/mol. The van der Waals surface area contributed by atoms with Crippen molar-refractivity contribution in [2.45, 2.75) is 19.1 Å². The number of aryl methyl sites for hydroxylation is 1. The molecule has 0 bridgehead atoms. The van der Waals surface area contributed by atoms with Gasteiger partial charge in [0.2, 0.25) is 0 Å². The lowest BCUT2D eigenvalue weighted by molar-refractivity contribution is -0.107. The Morgan fingerprint density at radius 3 is 2.67 bits per heavy atom. The van der Waals surface area contributed by atoms with E-state index in [0.29, 0.717) is 13.1 Å². The highest BCUT2D eigenvalue weighted by Crippen LogP contribution is 2.32. The average Bonchev–Trinajstić information content (AvgIpc) is 2.74. The van der Waals surface area contributed by atoms with Crippen molar-refractivity contribution in [1.82, 2.24) is 9.88 Å². The highest BCUT2D eigenvalue weighted by Gasteiger charge is 2.42. The van der Waals surface area contributed by atoms with Gasteiger partial charge in [-0.2, -0.15) is 0 Å². The topological polar surface area (TPSA) is 36.4 Å². The summed E-state index contributed by atoms with van der Waals surface area (Å²) in [5.74, 6) is 0. The van der Waals surface area contributed by atoms with Gasteiger partial charge >= 0.3 is 0 Å². The largest absolute Gasteiger partial charge is 0.382 e. The number of aromatic nitrogens is 1. The molecular weight excluding hydrogens is 244 g/mol. The molecule has 3 nitrogen and oxygen atoms in total. The van der Waals surface area contributed by atoms with Crippen LogP contribution in [0.4, 0.5) is 0 Å². The Labute approximate surface area is 111 Å². The van der Waals surface area contributed by atoms with Crippen LogP contribution >= 0.6 is 11.3 Å². The van der Waals surface area contributed by atoms with E-state index in [9.17, 15) is 5.11 Å². The van der Waals surface area contributed by atoms with Gasteiger partial charge in [0.1, 0.15) is 10.6 Å². The maximum absolute atomic E-state index is 10.5. The molecular formula is C14H16N2OS. The van der Waals surface area contributed by atoms with Crippen molar-refractivity contribution in [3.8, 4) is 0 Å². The molecule has 1 aromatic heterocycles. The normalized spacial score (nSPS) is 18.6. The fourth-order valence-electron chi connectivity index (χ4n) is 2.40. The summed E-state index contributed by atoms with van der Waals surface area (Å²) in [6.45, 7) is 4.23. The molecule has 0 spiro atoms. The Balaban J connectivity index is 1.63. The van der Waals surface area contributed by atoms with E-state index < -0.39 is 5.60 Å². The van der Waals surface area contributed by atoms with Crippen LogP contribution in [-0.2, 0) is 12.1 Å². The summed E-state index contributed by atoms with van der Waals surface area (Å²) in [4.78, 5) is 6.68. The molecule has 0 amide bonds. The van der Waals surface area contributed by atoms with Crippen LogP contribution < -0.4 is 0 Å². The summed E-state index contributed by atoms with van der Waals surface area (Å²) in [5.41, 5.74) is 1.42. The second-order valence-corrected chi connectivity index (χ2v) is 5.87. The van der Waals surface area contributed by atoms with Gasteiger partial charge in [-0.3, -0.25) is 4.90 Å². The van der Waals surface area contributed by atoms with E-state index in [1.807, 2.05) is 37.3 Å². The quantitative estimate of drug-likeness (QED) is 0.918. The van der Waals surface area contributed by atoms with E-state index in [-0.39, 0.29) is 0 Å². The molecule has 0 unspecified atom stereocenters. The van der Waals surface area contributed by atoms with Crippen molar-refractivity contribution < 1.29 is 5.11 Å².